The molecular weight excluding hydrogens is 325 g/mol. The summed E-state index contributed by atoms with van der Waals surface area (Å²) in [6.07, 6.45) is -3.04. The zero-order valence-electron chi connectivity index (χ0n) is 10.9. The summed E-state index contributed by atoms with van der Waals surface area (Å²) in [7, 11) is 0. The number of nitrogens with zero attached hydrogens (tertiary/aromatic N) is 2. The molecule has 0 saturated carbocycles. The first kappa shape index (κ1) is 15.9. The predicted molar refractivity (Wildman–Crippen MR) is 74.5 cm³/mol. The number of thiazole rings is 1. The fraction of sp³-hybridized carbons (Fsp3) is 0.308. The topological polar surface area (TPSA) is 42.9 Å². The number of pyridine rings is 1. The zero-order valence-corrected chi connectivity index (χ0v) is 12.4. The van der Waals surface area contributed by atoms with Gasteiger partial charge in [-0.15, -0.1) is 22.9 Å². The molecule has 3 nitrogen and oxygen atoms in total. The van der Waals surface area contributed by atoms with Gasteiger partial charge in [0.25, 0.3) is 0 Å². The number of hydrogen-bond donors (Lipinski definition) is 0. The molecular formula is C13H10ClF3N2OS. The Morgan fingerprint density at radius 2 is 2.14 bits per heavy atom. The molecule has 0 saturated heterocycles. The lowest BCUT2D eigenvalue weighted by atomic mass is 10.1. The summed E-state index contributed by atoms with van der Waals surface area (Å²) in [5.41, 5.74) is -0.0915. The molecule has 21 heavy (non-hydrogen) atoms. The van der Waals surface area contributed by atoms with Crippen molar-refractivity contribution in [2.75, 3.05) is 5.88 Å². The van der Waals surface area contributed by atoms with E-state index in [1.54, 1.807) is 5.38 Å². The van der Waals surface area contributed by atoms with Crippen LogP contribution in [0.25, 0.3) is 10.6 Å². The molecule has 0 aliphatic carbocycles. The number of aryl methyl sites for hydroxylation is 1. The highest BCUT2D eigenvalue weighted by atomic mass is 35.5. The highest BCUT2D eigenvalue weighted by molar-refractivity contribution is 7.13. The highest BCUT2D eigenvalue weighted by Crippen LogP contribution is 2.34. The molecule has 8 heteroatoms. The van der Waals surface area contributed by atoms with Crippen molar-refractivity contribution in [3.8, 4) is 10.6 Å². The van der Waals surface area contributed by atoms with Crippen LogP contribution in [0.3, 0.4) is 0 Å². The minimum atomic E-state index is -4.46. The molecule has 2 aromatic rings. The number of rotatable bonds is 4. The van der Waals surface area contributed by atoms with E-state index in [4.69, 9.17) is 11.6 Å². The molecule has 2 rings (SSSR count). The first-order valence-corrected chi connectivity index (χ1v) is 7.29. The first-order chi connectivity index (χ1) is 9.81. The molecule has 0 radical (unpaired) electrons. The van der Waals surface area contributed by atoms with Gasteiger partial charge in [-0.25, -0.2) is 4.98 Å². The molecule has 0 aromatic carbocycles. The number of ketones is 1. The van der Waals surface area contributed by atoms with Gasteiger partial charge in [-0.1, -0.05) is 0 Å². The van der Waals surface area contributed by atoms with Crippen LogP contribution >= 0.6 is 22.9 Å². The summed E-state index contributed by atoms with van der Waals surface area (Å²) in [5.74, 6) is -0.302. The van der Waals surface area contributed by atoms with Gasteiger partial charge in [0.2, 0.25) is 0 Å². The molecule has 0 atom stereocenters. The van der Waals surface area contributed by atoms with Crippen molar-refractivity contribution in [1.29, 1.82) is 0 Å². The zero-order chi connectivity index (χ0) is 15.6. The average molecular weight is 335 g/mol. The summed E-state index contributed by atoms with van der Waals surface area (Å²) in [4.78, 5) is 19.1. The Bertz CT molecular complexity index is 670. The van der Waals surface area contributed by atoms with E-state index in [1.807, 2.05) is 0 Å². The van der Waals surface area contributed by atoms with E-state index in [0.717, 1.165) is 6.07 Å². The third kappa shape index (κ3) is 3.79. The van der Waals surface area contributed by atoms with Crippen molar-refractivity contribution in [3.63, 3.8) is 0 Å². The quantitative estimate of drug-likeness (QED) is 0.797. The van der Waals surface area contributed by atoms with Crippen LogP contribution in [0.1, 0.15) is 17.0 Å². The summed E-state index contributed by atoms with van der Waals surface area (Å²) >= 11 is 6.57. The van der Waals surface area contributed by atoms with Crippen molar-refractivity contribution in [2.24, 2.45) is 0 Å². The fourth-order valence-electron chi connectivity index (χ4n) is 1.71. The van der Waals surface area contributed by atoms with Crippen molar-refractivity contribution in [3.05, 3.63) is 34.6 Å². The summed E-state index contributed by atoms with van der Waals surface area (Å²) in [6.45, 7) is 1.30. The van der Waals surface area contributed by atoms with E-state index >= 15 is 0 Å². The molecule has 2 aromatic heterocycles. The maximum atomic E-state index is 12.9. The molecule has 0 aliphatic rings. The Morgan fingerprint density at radius 1 is 1.43 bits per heavy atom. The summed E-state index contributed by atoms with van der Waals surface area (Å²) in [6, 6.07) is 1.02. The first-order valence-electron chi connectivity index (χ1n) is 5.87. The van der Waals surface area contributed by atoms with Crippen LogP contribution in [-0.4, -0.2) is 21.6 Å². The predicted octanol–water partition coefficient (Wildman–Crippen LogP) is 3.88. The SMILES string of the molecule is Cc1ncc(-c2nc(CC(=O)CCl)cs2)cc1C(F)(F)F. The lowest BCUT2D eigenvalue weighted by molar-refractivity contribution is -0.138. The third-order valence-electron chi connectivity index (χ3n) is 2.72. The highest BCUT2D eigenvalue weighted by Gasteiger charge is 2.33. The normalized spacial score (nSPS) is 11.7. The van der Waals surface area contributed by atoms with Gasteiger partial charge in [-0.05, 0) is 13.0 Å². The number of alkyl halides is 4. The van der Waals surface area contributed by atoms with Crippen molar-refractivity contribution in [2.45, 2.75) is 19.5 Å². The fourth-order valence-corrected chi connectivity index (χ4v) is 2.60. The van der Waals surface area contributed by atoms with Crippen LogP contribution < -0.4 is 0 Å². The van der Waals surface area contributed by atoms with Gasteiger partial charge in [-0.3, -0.25) is 9.78 Å². The van der Waals surface area contributed by atoms with Gasteiger partial charge in [0, 0.05) is 22.8 Å². The molecule has 2 heterocycles. The van der Waals surface area contributed by atoms with E-state index in [0.29, 0.717) is 10.7 Å². The average Bonchev–Trinajstić information content (AvgIpc) is 2.86. The van der Waals surface area contributed by atoms with Gasteiger partial charge < -0.3 is 0 Å². The maximum absolute atomic E-state index is 12.9. The number of aromatic nitrogens is 2. The molecule has 0 amide bonds. The Morgan fingerprint density at radius 3 is 2.76 bits per heavy atom. The second-order valence-corrected chi connectivity index (χ2v) is 5.47. The van der Waals surface area contributed by atoms with Crippen LogP contribution in [0.15, 0.2) is 17.6 Å². The Balaban J connectivity index is 2.33. The van der Waals surface area contributed by atoms with E-state index in [9.17, 15) is 18.0 Å². The van der Waals surface area contributed by atoms with Crippen LogP contribution in [0, 0.1) is 6.92 Å². The minimum Gasteiger partial charge on any atom is -0.298 e. The van der Waals surface area contributed by atoms with Crippen molar-refractivity contribution < 1.29 is 18.0 Å². The maximum Gasteiger partial charge on any atom is 0.418 e. The number of hydrogen-bond acceptors (Lipinski definition) is 4. The molecule has 0 bridgehead atoms. The molecule has 112 valence electrons. The smallest absolute Gasteiger partial charge is 0.298 e. The number of carbonyl (C=O) groups is 1. The van der Waals surface area contributed by atoms with Crippen LogP contribution in [0.4, 0.5) is 13.2 Å². The molecule has 0 aliphatic heterocycles. The van der Waals surface area contributed by atoms with E-state index < -0.39 is 11.7 Å². The van der Waals surface area contributed by atoms with Gasteiger partial charge in [-0.2, -0.15) is 13.2 Å². The van der Waals surface area contributed by atoms with E-state index in [2.05, 4.69) is 9.97 Å². The minimum absolute atomic E-state index is 0.0748. The summed E-state index contributed by atoms with van der Waals surface area (Å²) in [5, 5.41) is 2.03. The summed E-state index contributed by atoms with van der Waals surface area (Å²) < 4.78 is 38.6. The lowest BCUT2D eigenvalue weighted by Crippen LogP contribution is -2.09. The van der Waals surface area contributed by atoms with Crippen LogP contribution in [0.2, 0.25) is 0 Å². The monoisotopic (exact) mass is 334 g/mol. The largest absolute Gasteiger partial charge is 0.418 e. The van der Waals surface area contributed by atoms with E-state index in [1.165, 1.54) is 24.5 Å². The second kappa shape index (κ2) is 6.11. The number of carbonyl (C=O) groups excluding carboxylic acids is 1. The second-order valence-electron chi connectivity index (χ2n) is 4.35. The van der Waals surface area contributed by atoms with Gasteiger partial charge in [0.1, 0.15) is 5.01 Å². The Kier molecular flexibility index (Phi) is 4.63. The molecule has 0 unspecified atom stereocenters. The number of Topliss-reactive ketones (excluding diaryl/α,β-unsaturated/α-hetero) is 1. The third-order valence-corrected chi connectivity index (χ3v) is 3.96. The van der Waals surface area contributed by atoms with Gasteiger partial charge in [0.15, 0.2) is 5.78 Å². The van der Waals surface area contributed by atoms with E-state index in [-0.39, 0.29) is 29.3 Å². The Labute approximate surface area is 127 Å². The number of halogens is 4. The van der Waals surface area contributed by atoms with Crippen molar-refractivity contribution in [1.82, 2.24) is 9.97 Å². The van der Waals surface area contributed by atoms with Gasteiger partial charge in [0.05, 0.1) is 23.6 Å². The lowest BCUT2D eigenvalue weighted by Gasteiger charge is -2.10. The van der Waals surface area contributed by atoms with Gasteiger partial charge >= 0.3 is 6.18 Å². The standard InChI is InChI=1S/C13H10ClF3N2OS/c1-7-11(13(15,16)17)2-8(5-18-7)12-19-9(6-21-12)3-10(20)4-14/h2,5-6H,3-4H2,1H3. The molecule has 0 fully saturated rings. The van der Waals surface area contributed by atoms with Crippen LogP contribution in [-0.2, 0) is 17.4 Å². The van der Waals surface area contributed by atoms with Crippen LogP contribution in [0.5, 0.6) is 0 Å². The molecule has 0 N–H and O–H groups in total. The Hall–Kier alpha value is -1.47. The molecule has 0 spiro atoms. The van der Waals surface area contributed by atoms with Crippen molar-refractivity contribution >= 4 is 28.7 Å².